The first-order chi connectivity index (χ1) is 13.1. The first kappa shape index (κ1) is 21.3. The van der Waals surface area contributed by atoms with Crippen molar-refractivity contribution in [2.24, 2.45) is 5.41 Å². The van der Waals surface area contributed by atoms with Gasteiger partial charge in [0.1, 0.15) is 0 Å². The van der Waals surface area contributed by atoms with Gasteiger partial charge in [-0.25, -0.2) is 0 Å². The minimum Gasteiger partial charge on any atom is -0.407 e. The van der Waals surface area contributed by atoms with Crippen molar-refractivity contribution in [1.29, 1.82) is 0 Å². The minimum absolute atomic E-state index is 0.0627. The summed E-state index contributed by atoms with van der Waals surface area (Å²) in [7, 11) is -0.296. The van der Waals surface area contributed by atoms with Gasteiger partial charge in [-0.05, 0) is 37.7 Å². The molecule has 28 heavy (non-hydrogen) atoms. The van der Waals surface area contributed by atoms with Crippen LogP contribution in [-0.2, 0) is 30.0 Å². The minimum atomic E-state index is -0.613. The Labute approximate surface area is 168 Å². The van der Waals surface area contributed by atoms with Crippen molar-refractivity contribution in [3.8, 4) is 0 Å². The average Bonchev–Trinajstić information content (AvgIpc) is 2.63. The smallest absolute Gasteiger partial charge is 0.407 e. The highest BCUT2D eigenvalue weighted by Gasteiger charge is 2.40. The van der Waals surface area contributed by atoms with Crippen LogP contribution in [0, 0.1) is 5.41 Å². The van der Waals surface area contributed by atoms with Crippen LogP contribution in [0.3, 0.4) is 0 Å². The SMILES string of the molecule is CC(=O)NC1(CCc2ccc(B3OCC(C)(C)CO3)cc2)COC(C)(C)OC1. The number of ether oxygens (including phenoxy) is 2. The van der Waals surface area contributed by atoms with Crippen molar-refractivity contribution >= 4 is 18.5 Å². The van der Waals surface area contributed by atoms with Gasteiger partial charge in [-0.2, -0.15) is 0 Å². The van der Waals surface area contributed by atoms with Crippen LogP contribution in [0.5, 0.6) is 0 Å². The molecule has 3 rings (SSSR count). The molecule has 2 heterocycles. The summed E-state index contributed by atoms with van der Waals surface area (Å²) in [4.78, 5) is 11.7. The van der Waals surface area contributed by atoms with Gasteiger partial charge < -0.3 is 24.1 Å². The maximum Gasteiger partial charge on any atom is 0.493 e. The molecule has 0 atom stereocenters. The van der Waals surface area contributed by atoms with E-state index >= 15 is 0 Å². The second kappa shape index (κ2) is 8.15. The standard InChI is InChI=1S/C21H32BNO5/c1-16(24)23-21(14-25-20(4,5)26-15-21)11-10-17-6-8-18(9-7-17)22-27-12-19(2,3)13-28-22/h6-9H,10-15H2,1-5H3,(H,23,24). The molecule has 1 aromatic rings. The highest BCUT2D eigenvalue weighted by atomic mass is 16.7. The third-order valence-corrected chi connectivity index (χ3v) is 5.23. The summed E-state index contributed by atoms with van der Waals surface area (Å²) in [5.41, 5.74) is 1.78. The van der Waals surface area contributed by atoms with Gasteiger partial charge in [0.15, 0.2) is 5.79 Å². The van der Waals surface area contributed by atoms with Gasteiger partial charge in [-0.15, -0.1) is 0 Å². The Morgan fingerprint density at radius 1 is 1.00 bits per heavy atom. The normalized spacial score (nSPS) is 23.2. The number of rotatable bonds is 5. The molecule has 1 aromatic carbocycles. The number of hydrogen-bond donors (Lipinski definition) is 1. The maximum absolute atomic E-state index is 11.7. The summed E-state index contributed by atoms with van der Waals surface area (Å²) in [5.74, 6) is -0.685. The van der Waals surface area contributed by atoms with Crippen molar-refractivity contribution in [2.45, 2.75) is 58.8 Å². The van der Waals surface area contributed by atoms with Crippen molar-refractivity contribution in [1.82, 2.24) is 5.32 Å². The van der Waals surface area contributed by atoms with Crippen LogP contribution in [0.2, 0.25) is 0 Å². The van der Waals surface area contributed by atoms with Gasteiger partial charge >= 0.3 is 7.12 Å². The van der Waals surface area contributed by atoms with Crippen LogP contribution in [0.1, 0.15) is 46.6 Å². The lowest BCUT2D eigenvalue weighted by atomic mass is 9.75. The highest BCUT2D eigenvalue weighted by molar-refractivity contribution is 6.61. The van der Waals surface area contributed by atoms with E-state index in [4.69, 9.17) is 18.8 Å². The average molecular weight is 389 g/mol. The molecule has 1 amide bonds. The number of benzene rings is 1. The van der Waals surface area contributed by atoms with Gasteiger partial charge in [-0.3, -0.25) is 4.79 Å². The molecule has 0 aromatic heterocycles. The van der Waals surface area contributed by atoms with Crippen molar-refractivity contribution in [3.63, 3.8) is 0 Å². The first-order valence-corrected chi connectivity index (χ1v) is 9.97. The van der Waals surface area contributed by atoms with E-state index < -0.39 is 11.3 Å². The molecular weight excluding hydrogens is 357 g/mol. The summed E-state index contributed by atoms with van der Waals surface area (Å²) in [6, 6.07) is 8.30. The monoisotopic (exact) mass is 389 g/mol. The molecule has 0 saturated carbocycles. The van der Waals surface area contributed by atoms with Crippen LogP contribution in [0.15, 0.2) is 24.3 Å². The van der Waals surface area contributed by atoms with E-state index in [1.54, 1.807) is 0 Å². The Morgan fingerprint density at radius 3 is 2.11 bits per heavy atom. The van der Waals surface area contributed by atoms with E-state index in [0.717, 1.165) is 18.3 Å². The van der Waals surface area contributed by atoms with E-state index in [-0.39, 0.29) is 18.4 Å². The van der Waals surface area contributed by atoms with Crippen LogP contribution in [0.4, 0.5) is 0 Å². The molecule has 0 spiro atoms. The van der Waals surface area contributed by atoms with Crippen molar-refractivity contribution in [3.05, 3.63) is 29.8 Å². The first-order valence-electron chi connectivity index (χ1n) is 9.97. The summed E-state index contributed by atoms with van der Waals surface area (Å²) < 4.78 is 23.3. The molecule has 0 unspecified atom stereocenters. The van der Waals surface area contributed by atoms with Gasteiger partial charge in [0, 0.05) is 25.6 Å². The Morgan fingerprint density at radius 2 is 1.57 bits per heavy atom. The van der Waals surface area contributed by atoms with Crippen molar-refractivity contribution < 1.29 is 23.6 Å². The fraction of sp³-hybridized carbons (Fsp3) is 0.667. The topological polar surface area (TPSA) is 66.0 Å². The molecular formula is C21H32BNO5. The third kappa shape index (κ3) is 5.57. The summed E-state index contributed by atoms with van der Waals surface area (Å²) >= 11 is 0. The molecule has 7 heteroatoms. The quantitative estimate of drug-likeness (QED) is 0.781. The van der Waals surface area contributed by atoms with Crippen molar-refractivity contribution in [2.75, 3.05) is 26.4 Å². The van der Waals surface area contributed by atoms with Crippen LogP contribution >= 0.6 is 0 Å². The van der Waals surface area contributed by atoms with E-state index in [0.29, 0.717) is 26.4 Å². The van der Waals surface area contributed by atoms with Crippen LogP contribution < -0.4 is 10.8 Å². The molecule has 2 aliphatic heterocycles. The zero-order valence-electron chi connectivity index (χ0n) is 17.7. The molecule has 2 fully saturated rings. The molecule has 0 aliphatic carbocycles. The third-order valence-electron chi connectivity index (χ3n) is 5.23. The zero-order chi connectivity index (χ0) is 20.4. The molecule has 2 saturated heterocycles. The highest BCUT2D eigenvalue weighted by Crippen LogP contribution is 2.27. The molecule has 0 radical (unpaired) electrons. The predicted molar refractivity (Wildman–Crippen MR) is 108 cm³/mol. The Balaban J connectivity index is 1.59. The van der Waals surface area contributed by atoms with E-state index in [1.807, 2.05) is 13.8 Å². The van der Waals surface area contributed by atoms with E-state index in [1.165, 1.54) is 12.5 Å². The fourth-order valence-corrected chi connectivity index (χ4v) is 3.47. The lowest BCUT2D eigenvalue weighted by Gasteiger charge is -2.43. The second-order valence-electron chi connectivity index (χ2n) is 9.30. The number of hydrogen-bond acceptors (Lipinski definition) is 5. The predicted octanol–water partition coefficient (Wildman–Crippen LogP) is 2.05. The Hall–Kier alpha value is -1.41. The van der Waals surface area contributed by atoms with Crippen LogP contribution in [0.25, 0.3) is 0 Å². The van der Waals surface area contributed by atoms with Crippen LogP contribution in [-0.4, -0.2) is 50.8 Å². The number of carbonyl (C=O) groups excluding carboxylic acids is 1. The Kier molecular flexibility index (Phi) is 6.20. The molecule has 1 N–H and O–H groups in total. The largest absolute Gasteiger partial charge is 0.493 e. The lowest BCUT2D eigenvalue weighted by Crippen LogP contribution is -2.60. The van der Waals surface area contributed by atoms with Gasteiger partial charge in [0.2, 0.25) is 5.91 Å². The summed E-state index contributed by atoms with van der Waals surface area (Å²) in [6.07, 6.45) is 1.56. The molecule has 6 nitrogen and oxygen atoms in total. The number of amides is 1. The zero-order valence-corrected chi connectivity index (χ0v) is 17.7. The van der Waals surface area contributed by atoms with E-state index in [2.05, 4.69) is 43.4 Å². The molecule has 0 bridgehead atoms. The number of nitrogens with one attached hydrogen (secondary N) is 1. The molecule has 2 aliphatic rings. The molecule has 154 valence electrons. The summed E-state index contributed by atoms with van der Waals surface area (Å²) in [6.45, 7) is 11.8. The van der Waals surface area contributed by atoms with Gasteiger partial charge in [0.25, 0.3) is 0 Å². The maximum atomic E-state index is 11.7. The second-order valence-corrected chi connectivity index (χ2v) is 9.30. The number of aryl methyl sites for hydroxylation is 1. The lowest BCUT2D eigenvalue weighted by molar-refractivity contribution is -0.271. The van der Waals surface area contributed by atoms with Gasteiger partial charge in [0.05, 0.1) is 18.8 Å². The fourth-order valence-electron chi connectivity index (χ4n) is 3.47. The van der Waals surface area contributed by atoms with E-state index in [9.17, 15) is 4.79 Å². The van der Waals surface area contributed by atoms with Gasteiger partial charge in [-0.1, -0.05) is 38.1 Å². The number of carbonyl (C=O) groups is 1. The summed E-state index contributed by atoms with van der Waals surface area (Å²) in [5, 5.41) is 3.05. The Bertz CT molecular complexity index is 669.